The predicted octanol–water partition coefficient (Wildman–Crippen LogP) is 2.05. The topological polar surface area (TPSA) is 71.7 Å². The molecule has 0 aliphatic rings. The van der Waals surface area contributed by atoms with Gasteiger partial charge in [0.1, 0.15) is 11.2 Å². The third-order valence-electron chi connectivity index (χ3n) is 4.79. The highest BCUT2D eigenvalue weighted by atomic mass is 16.1. The number of nitrogens with zero attached hydrogens (tertiary/aromatic N) is 5. The second-order valence-corrected chi connectivity index (χ2v) is 6.75. The molecule has 7 nitrogen and oxygen atoms in total. The molecule has 0 radical (unpaired) electrons. The van der Waals surface area contributed by atoms with Gasteiger partial charge in [-0.3, -0.25) is 14.4 Å². The van der Waals surface area contributed by atoms with E-state index in [0.717, 1.165) is 13.1 Å². The first-order valence-corrected chi connectivity index (χ1v) is 8.67. The van der Waals surface area contributed by atoms with E-state index in [2.05, 4.69) is 61.8 Å². The minimum absolute atomic E-state index is 0.140. The number of fused-ring (bicyclic) bond motifs is 2. The van der Waals surface area contributed by atoms with Crippen molar-refractivity contribution in [3.05, 3.63) is 58.4 Å². The Morgan fingerprint density at radius 2 is 2.08 bits per heavy atom. The Morgan fingerprint density at radius 1 is 1.27 bits per heavy atom. The van der Waals surface area contributed by atoms with Crippen LogP contribution in [-0.2, 0) is 20.1 Å². The number of likely N-dealkylation sites (N-methyl/N-ethyl adjacent to an activating group) is 1. The van der Waals surface area contributed by atoms with Crippen LogP contribution in [0.5, 0.6) is 0 Å². The molecular weight excluding hydrogens is 328 g/mol. The molecule has 0 bridgehead atoms. The van der Waals surface area contributed by atoms with Crippen LogP contribution in [0.4, 0.5) is 0 Å². The summed E-state index contributed by atoms with van der Waals surface area (Å²) in [6.45, 7) is 4.45. The fraction of sp³-hybridized carbons (Fsp3) is 0.316. The van der Waals surface area contributed by atoms with Crippen molar-refractivity contribution in [1.29, 1.82) is 0 Å². The van der Waals surface area contributed by atoms with Gasteiger partial charge in [-0.15, -0.1) is 0 Å². The molecule has 1 N–H and O–H groups in total. The highest BCUT2D eigenvalue weighted by molar-refractivity contribution is 5.81. The second kappa shape index (κ2) is 6.42. The van der Waals surface area contributed by atoms with Crippen LogP contribution in [0.1, 0.15) is 11.5 Å². The van der Waals surface area contributed by atoms with Gasteiger partial charge in [0.25, 0.3) is 5.56 Å². The highest BCUT2D eigenvalue weighted by Gasteiger charge is 2.11. The summed E-state index contributed by atoms with van der Waals surface area (Å²) in [4.78, 5) is 21.7. The Bertz CT molecular complexity index is 1140. The van der Waals surface area contributed by atoms with Crippen LogP contribution in [0.25, 0.3) is 21.9 Å². The van der Waals surface area contributed by atoms with Crippen molar-refractivity contribution < 1.29 is 0 Å². The molecule has 0 saturated heterocycles. The van der Waals surface area contributed by atoms with E-state index in [9.17, 15) is 4.79 Å². The van der Waals surface area contributed by atoms with E-state index in [-0.39, 0.29) is 5.56 Å². The summed E-state index contributed by atoms with van der Waals surface area (Å²) in [5.41, 5.74) is 2.98. The minimum atomic E-state index is -0.140. The van der Waals surface area contributed by atoms with Gasteiger partial charge in [0.05, 0.1) is 12.7 Å². The van der Waals surface area contributed by atoms with E-state index in [1.807, 2.05) is 7.05 Å². The summed E-state index contributed by atoms with van der Waals surface area (Å²) in [7, 11) is 3.83. The number of rotatable bonds is 5. The minimum Gasteiger partial charge on any atom is -0.344 e. The first-order chi connectivity index (χ1) is 12.5. The van der Waals surface area contributed by atoms with Gasteiger partial charge in [0.2, 0.25) is 0 Å². The molecule has 0 aliphatic carbocycles. The lowest BCUT2D eigenvalue weighted by atomic mass is 10.2. The van der Waals surface area contributed by atoms with Crippen LogP contribution < -0.4 is 5.56 Å². The lowest BCUT2D eigenvalue weighted by Gasteiger charge is -2.17. The predicted molar refractivity (Wildman–Crippen MR) is 102 cm³/mol. The van der Waals surface area contributed by atoms with Gasteiger partial charge < -0.3 is 9.55 Å². The molecule has 26 heavy (non-hydrogen) atoms. The largest absolute Gasteiger partial charge is 0.344 e. The lowest BCUT2D eigenvalue weighted by Crippen LogP contribution is -2.25. The Kier molecular flexibility index (Phi) is 4.08. The number of hydrogen-bond acceptors (Lipinski definition) is 4. The molecule has 3 aromatic heterocycles. The molecule has 0 atom stereocenters. The zero-order valence-electron chi connectivity index (χ0n) is 15.2. The number of para-hydroxylation sites is 1. The van der Waals surface area contributed by atoms with Crippen molar-refractivity contribution in [1.82, 2.24) is 29.2 Å². The quantitative estimate of drug-likeness (QED) is 0.598. The zero-order valence-corrected chi connectivity index (χ0v) is 15.2. The average Bonchev–Trinajstić information content (AvgIpc) is 3.13. The fourth-order valence-corrected chi connectivity index (χ4v) is 3.40. The normalized spacial score (nSPS) is 11.8. The second-order valence-electron chi connectivity index (χ2n) is 6.75. The monoisotopic (exact) mass is 350 g/mol. The maximum Gasteiger partial charge on any atom is 0.262 e. The molecular formula is C19H22N6O. The van der Waals surface area contributed by atoms with Gasteiger partial charge in [-0.05, 0) is 31.5 Å². The third-order valence-corrected chi connectivity index (χ3v) is 4.79. The van der Waals surface area contributed by atoms with E-state index in [0.29, 0.717) is 23.4 Å². The number of benzene rings is 1. The molecule has 4 rings (SSSR count). The highest BCUT2D eigenvalue weighted by Crippen LogP contribution is 2.19. The van der Waals surface area contributed by atoms with Crippen LogP contribution in [0, 0.1) is 6.92 Å². The molecule has 3 heterocycles. The Morgan fingerprint density at radius 3 is 2.92 bits per heavy atom. The number of H-pyrrole nitrogens is 1. The number of hydrogen-bond donors (Lipinski definition) is 1. The Hall–Kier alpha value is -2.93. The number of aryl methyl sites for hydroxylation is 2. The fourth-order valence-electron chi connectivity index (χ4n) is 3.40. The van der Waals surface area contributed by atoms with Crippen LogP contribution >= 0.6 is 0 Å². The SMILES string of the molecule is Cc1cc2ccccc2n1CCN(C)Cc1nc2c(cnn2C)c(=O)[nH]1. The molecule has 0 amide bonds. The summed E-state index contributed by atoms with van der Waals surface area (Å²) < 4.78 is 3.95. The molecule has 134 valence electrons. The molecule has 0 saturated carbocycles. The zero-order chi connectivity index (χ0) is 18.3. The van der Waals surface area contributed by atoms with Crippen molar-refractivity contribution in [2.24, 2.45) is 7.05 Å². The summed E-state index contributed by atoms with van der Waals surface area (Å²) in [5, 5.41) is 5.89. The molecule has 0 spiro atoms. The van der Waals surface area contributed by atoms with Gasteiger partial charge in [-0.1, -0.05) is 18.2 Å². The third kappa shape index (κ3) is 2.90. The van der Waals surface area contributed by atoms with Gasteiger partial charge in [-0.25, -0.2) is 4.98 Å². The maximum absolute atomic E-state index is 12.2. The van der Waals surface area contributed by atoms with Crippen LogP contribution in [-0.4, -0.2) is 42.8 Å². The van der Waals surface area contributed by atoms with E-state index >= 15 is 0 Å². The maximum atomic E-state index is 12.2. The van der Waals surface area contributed by atoms with E-state index in [1.165, 1.54) is 16.6 Å². The first kappa shape index (κ1) is 16.5. The Labute approximate surface area is 150 Å². The Balaban J connectivity index is 1.50. The average molecular weight is 350 g/mol. The van der Waals surface area contributed by atoms with Crippen molar-refractivity contribution in [2.75, 3.05) is 13.6 Å². The first-order valence-electron chi connectivity index (χ1n) is 8.67. The number of aromatic nitrogens is 5. The molecule has 1 aromatic carbocycles. The van der Waals surface area contributed by atoms with Crippen molar-refractivity contribution in [3.8, 4) is 0 Å². The lowest BCUT2D eigenvalue weighted by molar-refractivity contribution is 0.305. The summed E-state index contributed by atoms with van der Waals surface area (Å²) >= 11 is 0. The van der Waals surface area contributed by atoms with E-state index in [4.69, 9.17) is 0 Å². The number of aromatic amines is 1. The molecule has 0 unspecified atom stereocenters. The van der Waals surface area contributed by atoms with Crippen LogP contribution in [0.3, 0.4) is 0 Å². The van der Waals surface area contributed by atoms with Crippen LogP contribution in [0.15, 0.2) is 41.3 Å². The van der Waals surface area contributed by atoms with Crippen LogP contribution in [0.2, 0.25) is 0 Å². The van der Waals surface area contributed by atoms with Crippen molar-refractivity contribution in [2.45, 2.75) is 20.0 Å². The van der Waals surface area contributed by atoms with Gasteiger partial charge >= 0.3 is 0 Å². The van der Waals surface area contributed by atoms with Gasteiger partial charge in [0, 0.05) is 31.3 Å². The summed E-state index contributed by atoms with van der Waals surface area (Å²) in [5.74, 6) is 0.655. The smallest absolute Gasteiger partial charge is 0.262 e. The van der Waals surface area contributed by atoms with Gasteiger partial charge in [0.15, 0.2) is 5.65 Å². The van der Waals surface area contributed by atoms with E-state index < -0.39 is 0 Å². The van der Waals surface area contributed by atoms with Crippen molar-refractivity contribution in [3.63, 3.8) is 0 Å². The van der Waals surface area contributed by atoms with Crippen molar-refractivity contribution >= 4 is 21.9 Å². The van der Waals surface area contributed by atoms with Gasteiger partial charge in [-0.2, -0.15) is 5.10 Å². The molecule has 0 fully saturated rings. The molecule has 7 heteroatoms. The summed E-state index contributed by atoms with van der Waals surface area (Å²) in [6, 6.07) is 10.6. The summed E-state index contributed by atoms with van der Waals surface area (Å²) in [6.07, 6.45) is 1.55. The molecule has 0 aliphatic heterocycles. The number of nitrogens with one attached hydrogen (secondary N) is 1. The molecule has 4 aromatic rings. The van der Waals surface area contributed by atoms with E-state index in [1.54, 1.807) is 17.9 Å². The standard InChI is InChI=1S/C19H22N6O/c1-13-10-14-6-4-5-7-16(14)25(13)9-8-23(2)12-17-21-18-15(19(26)22-17)11-20-24(18)3/h4-7,10-11H,8-9,12H2,1-3H3,(H,21,22,26).